The number of rotatable bonds is 6. The Kier molecular flexibility index (Phi) is 6.74. The van der Waals surface area contributed by atoms with E-state index in [1.807, 2.05) is 0 Å². The van der Waals surface area contributed by atoms with Gasteiger partial charge in [0.2, 0.25) is 5.88 Å². The van der Waals surface area contributed by atoms with Crippen molar-refractivity contribution in [2.45, 2.75) is 44.9 Å². The molecule has 0 saturated heterocycles. The zero-order valence-electron chi connectivity index (χ0n) is 20.1. The molecule has 1 aromatic heterocycles. The number of hydrogen-bond donors (Lipinski definition) is 1. The van der Waals surface area contributed by atoms with Crippen LogP contribution in [-0.4, -0.2) is 41.3 Å². The van der Waals surface area contributed by atoms with Crippen LogP contribution in [0.5, 0.6) is 5.88 Å². The van der Waals surface area contributed by atoms with E-state index in [2.05, 4.69) is 21.0 Å². The van der Waals surface area contributed by atoms with Crippen molar-refractivity contribution in [1.29, 1.82) is 5.26 Å². The van der Waals surface area contributed by atoms with Crippen LogP contribution in [0.1, 0.15) is 51.4 Å². The predicted molar refractivity (Wildman–Crippen MR) is 129 cm³/mol. The molecule has 1 aromatic carbocycles. The lowest BCUT2D eigenvalue weighted by molar-refractivity contribution is 0.218. The molecule has 2 N–H and O–H groups in total. The highest BCUT2D eigenvalue weighted by atomic mass is 32.2. The second kappa shape index (κ2) is 9.00. The maximum Gasteiger partial charge on any atom is 0.232 e. The first-order valence-electron chi connectivity index (χ1n) is 10.7. The van der Waals surface area contributed by atoms with E-state index in [1.165, 1.54) is 45.3 Å². The molecular weight excluding hydrogens is 476 g/mol. The third-order valence-electron chi connectivity index (χ3n) is 5.85. The summed E-state index contributed by atoms with van der Waals surface area (Å²) < 4.78 is 59.3. The van der Waals surface area contributed by atoms with Gasteiger partial charge in [0.15, 0.2) is 15.7 Å². The summed E-state index contributed by atoms with van der Waals surface area (Å²) in [7, 11) is -3.74. The van der Waals surface area contributed by atoms with E-state index < -0.39 is 42.9 Å². The van der Waals surface area contributed by atoms with Crippen molar-refractivity contribution in [1.82, 2.24) is 9.97 Å². The number of ether oxygens (including phenoxy) is 1. The molecule has 0 bridgehead atoms. The molecule has 1 aliphatic rings. The Hall–Kier alpha value is -3.39. The summed E-state index contributed by atoms with van der Waals surface area (Å²) in [5.41, 5.74) is 3.93. The second-order valence-electron chi connectivity index (χ2n) is 9.80. The molecular formula is C24H27F2N5O3S. The molecule has 0 radical (unpaired) electrons. The van der Waals surface area contributed by atoms with E-state index in [1.54, 1.807) is 13.8 Å². The van der Waals surface area contributed by atoms with Crippen molar-refractivity contribution < 1.29 is 21.9 Å². The van der Waals surface area contributed by atoms with Gasteiger partial charge in [-0.25, -0.2) is 27.2 Å². The number of halogens is 2. The number of aromatic nitrogens is 2. The zero-order chi connectivity index (χ0) is 26.2. The first kappa shape index (κ1) is 26.2. The SMILES string of the molecule is CC(C)(C#N)COc1cnc(/C(F)=C/c2ccc(F)c([C@]3(C)CS(=O)(=O)C(C)(C)C(N)=N3)c2)cn1. The van der Waals surface area contributed by atoms with Crippen molar-refractivity contribution >= 4 is 27.6 Å². The molecule has 2 aromatic rings. The monoisotopic (exact) mass is 503 g/mol. The number of aliphatic imine (C=N–C) groups is 1. The summed E-state index contributed by atoms with van der Waals surface area (Å²) in [6, 6.07) is 5.91. The first-order valence-corrected chi connectivity index (χ1v) is 12.4. The highest BCUT2D eigenvalue weighted by Gasteiger charge is 2.49. The van der Waals surface area contributed by atoms with Crippen LogP contribution in [0.2, 0.25) is 0 Å². The van der Waals surface area contributed by atoms with E-state index in [9.17, 15) is 17.2 Å². The van der Waals surface area contributed by atoms with Crippen molar-refractivity contribution in [3.05, 3.63) is 53.2 Å². The Bertz CT molecular complexity index is 1350. The van der Waals surface area contributed by atoms with Gasteiger partial charge in [0.1, 0.15) is 34.2 Å². The molecule has 0 spiro atoms. The Morgan fingerprint density at radius 3 is 2.54 bits per heavy atom. The topological polar surface area (TPSA) is 131 Å². The van der Waals surface area contributed by atoms with Crippen molar-refractivity contribution in [3.8, 4) is 11.9 Å². The van der Waals surface area contributed by atoms with Gasteiger partial charge in [-0.05, 0) is 58.4 Å². The van der Waals surface area contributed by atoms with Crippen LogP contribution >= 0.6 is 0 Å². The van der Waals surface area contributed by atoms with Crippen LogP contribution in [0, 0.1) is 22.6 Å². The second-order valence-corrected chi connectivity index (χ2v) is 12.3. The van der Waals surface area contributed by atoms with Gasteiger partial charge in [0.25, 0.3) is 0 Å². The lowest BCUT2D eigenvalue weighted by atomic mass is 9.91. The fraction of sp³-hybridized carbons (Fsp3) is 0.417. The van der Waals surface area contributed by atoms with E-state index in [-0.39, 0.29) is 35.1 Å². The summed E-state index contributed by atoms with van der Waals surface area (Å²) in [5, 5.41) is 9.04. The number of hydrogen-bond acceptors (Lipinski definition) is 8. The molecule has 0 fully saturated rings. The molecule has 0 aliphatic carbocycles. The molecule has 1 aliphatic heterocycles. The molecule has 0 amide bonds. The molecule has 2 heterocycles. The molecule has 0 saturated carbocycles. The summed E-state index contributed by atoms with van der Waals surface area (Å²) in [4.78, 5) is 12.3. The maximum atomic E-state index is 14.9. The molecule has 3 rings (SSSR count). The minimum Gasteiger partial charge on any atom is -0.475 e. The summed E-state index contributed by atoms with van der Waals surface area (Å²) in [6.07, 6.45) is 3.54. The van der Waals surface area contributed by atoms with Crippen LogP contribution in [0.3, 0.4) is 0 Å². The van der Waals surface area contributed by atoms with Crippen molar-refractivity contribution in [3.63, 3.8) is 0 Å². The number of amidine groups is 1. The molecule has 35 heavy (non-hydrogen) atoms. The largest absolute Gasteiger partial charge is 0.475 e. The average molecular weight is 504 g/mol. The Labute approximate surface area is 203 Å². The summed E-state index contributed by atoms with van der Waals surface area (Å²) >= 11 is 0. The van der Waals surface area contributed by atoms with Crippen molar-refractivity contribution in [2.24, 2.45) is 16.1 Å². The van der Waals surface area contributed by atoms with Gasteiger partial charge in [-0.15, -0.1) is 0 Å². The van der Waals surface area contributed by atoms with E-state index >= 15 is 0 Å². The van der Waals surface area contributed by atoms with Gasteiger partial charge in [0.05, 0.1) is 29.6 Å². The molecule has 11 heteroatoms. The normalized spacial score (nSPS) is 21.7. The van der Waals surface area contributed by atoms with Crippen LogP contribution < -0.4 is 10.5 Å². The quantitative estimate of drug-likeness (QED) is 0.634. The molecule has 186 valence electrons. The Morgan fingerprint density at radius 1 is 1.29 bits per heavy atom. The predicted octanol–water partition coefficient (Wildman–Crippen LogP) is 3.79. The fourth-order valence-corrected chi connectivity index (χ4v) is 5.03. The van der Waals surface area contributed by atoms with E-state index in [0.717, 1.165) is 12.1 Å². The number of sulfone groups is 1. The minimum absolute atomic E-state index is 0.0176. The molecule has 0 unspecified atom stereocenters. The highest BCUT2D eigenvalue weighted by molar-refractivity contribution is 7.93. The number of nitriles is 1. The summed E-state index contributed by atoms with van der Waals surface area (Å²) in [5.74, 6) is -1.86. The average Bonchev–Trinajstić information content (AvgIpc) is 2.78. The zero-order valence-corrected chi connectivity index (χ0v) is 20.9. The van der Waals surface area contributed by atoms with Crippen LogP contribution in [0.4, 0.5) is 8.78 Å². The first-order chi connectivity index (χ1) is 16.1. The lowest BCUT2D eigenvalue weighted by Crippen LogP contribution is -2.55. The van der Waals surface area contributed by atoms with Gasteiger partial charge in [-0.3, -0.25) is 4.99 Å². The third kappa shape index (κ3) is 5.32. The number of benzene rings is 1. The van der Waals surface area contributed by atoms with Gasteiger partial charge < -0.3 is 10.5 Å². The van der Waals surface area contributed by atoms with Crippen LogP contribution in [0.15, 0.2) is 35.6 Å². The van der Waals surface area contributed by atoms with Crippen LogP contribution in [-0.2, 0) is 15.4 Å². The van der Waals surface area contributed by atoms with Gasteiger partial charge in [-0.1, -0.05) is 6.07 Å². The number of nitrogens with zero attached hydrogens (tertiary/aromatic N) is 4. The lowest BCUT2D eigenvalue weighted by Gasteiger charge is -2.38. The Balaban J connectivity index is 1.90. The van der Waals surface area contributed by atoms with E-state index in [0.29, 0.717) is 0 Å². The third-order valence-corrected chi connectivity index (χ3v) is 8.56. The smallest absolute Gasteiger partial charge is 0.232 e. The fourth-order valence-electron chi connectivity index (χ4n) is 3.35. The summed E-state index contributed by atoms with van der Waals surface area (Å²) in [6.45, 7) is 7.88. The van der Waals surface area contributed by atoms with Gasteiger partial charge in [-0.2, -0.15) is 5.26 Å². The maximum absolute atomic E-state index is 14.9. The van der Waals surface area contributed by atoms with E-state index in [4.69, 9.17) is 15.7 Å². The van der Waals surface area contributed by atoms with Gasteiger partial charge in [0, 0.05) is 5.56 Å². The highest BCUT2D eigenvalue weighted by Crippen LogP contribution is 2.38. The number of nitrogens with two attached hydrogens (primary N) is 1. The molecule has 1 atom stereocenters. The Morgan fingerprint density at radius 2 is 1.97 bits per heavy atom. The van der Waals surface area contributed by atoms with Crippen LogP contribution in [0.25, 0.3) is 11.9 Å². The standard InChI is InChI=1S/C24H27F2N5O3S/c1-22(2,12-27)13-34-20-11-29-19(10-30-20)18(26)9-15-6-7-17(25)16(8-15)24(5)14-35(32,33)23(3,4)21(28)31-24/h6-11H,13-14H2,1-5H3,(H2,28,31)/b18-9-/t24-/m0/s1. The minimum atomic E-state index is -3.74. The molecule has 8 nitrogen and oxygen atoms in total. The van der Waals surface area contributed by atoms with Crippen molar-refractivity contribution in [2.75, 3.05) is 12.4 Å². The van der Waals surface area contributed by atoms with Gasteiger partial charge >= 0.3 is 0 Å².